The van der Waals surface area contributed by atoms with Crippen LogP contribution < -0.4 is 10.6 Å². The van der Waals surface area contributed by atoms with Crippen molar-refractivity contribution in [1.29, 1.82) is 0 Å². The van der Waals surface area contributed by atoms with E-state index >= 15 is 4.39 Å². The number of rotatable bonds is 5. The topological polar surface area (TPSA) is 61.4 Å². The summed E-state index contributed by atoms with van der Waals surface area (Å²) in [5, 5.41) is 14.9. The number of hydrogen-bond donors (Lipinski definition) is 3. The molecule has 138 valence electrons. The molecule has 3 aromatic carbocycles. The minimum atomic E-state index is -1.47. The minimum absolute atomic E-state index is 0.277. The normalized spacial score (nSPS) is 10.5. The molecule has 0 aromatic heterocycles. The van der Waals surface area contributed by atoms with Gasteiger partial charge in [0.05, 0.1) is 22.0 Å². The first-order chi connectivity index (χ1) is 12.9. The Kier molecular flexibility index (Phi) is 5.81. The number of halogens is 4. The van der Waals surface area contributed by atoms with Gasteiger partial charge < -0.3 is 15.7 Å². The largest absolute Gasteiger partial charge is 0.478 e. The van der Waals surface area contributed by atoms with Crippen LogP contribution in [0, 0.1) is 15.2 Å². The maximum absolute atomic E-state index is 15.1. The van der Waals surface area contributed by atoms with Crippen molar-refractivity contribution in [1.82, 2.24) is 0 Å². The van der Waals surface area contributed by atoms with Crippen molar-refractivity contribution in [2.75, 3.05) is 10.6 Å². The zero-order valence-electron chi connectivity index (χ0n) is 13.6. The predicted octanol–water partition coefficient (Wildman–Crippen LogP) is 6.41. The second-order valence-corrected chi connectivity index (χ2v) is 7.17. The van der Waals surface area contributed by atoms with Gasteiger partial charge in [0, 0.05) is 9.26 Å². The first-order valence-electron chi connectivity index (χ1n) is 7.66. The zero-order chi connectivity index (χ0) is 19.6. The summed E-state index contributed by atoms with van der Waals surface area (Å²) in [6.45, 7) is 0. The third kappa shape index (κ3) is 4.30. The lowest BCUT2D eigenvalue weighted by atomic mass is 10.1. The molecule has 0 amide bonds. The Morgan fingerprint density at radius 2 is 1.70 bits per heavy atom. The summed E-state index contributed by atoms with van der Waals surface area (Å²) < 4.78 is 30.3. The van der Waals surface area contributed by atoms with Crippen LogP contribution in [0.2, 0.25) is 5.02 Å². The summed E-state index contributed by atoms with van der Waals surface area (Å²) >= 11 is 8.20. The average molecular weight is 501 g/mol. The maximum atomic E-state index is 15.1. The highest BCUT2D eigenvalue weighted by Crippen LogP contribution is 2.36. The number of benzene rings is 3. The molecular weight excluding hydrogens is 489 g/mol. The van der Waals surface area contributed by atoms with E-state index in [0.717, 1.165) is 9.64 Å². The molecule has 0 aliphatic rings. The third-order valence-corrected chi connectivity index (χ3v) is 4.67. The Morgan fingerprint density at radius 3 is 2.33 bits per heavy atom. The van der Waals surface area contributed by atoms with Gasteiger partial charge in [0.15, 0.2) is 11.6 Å². The van der Waals surface area contributed by atoms with E-state index in [1.54, 1.807) is 48.5 Å². The van der Waals surface area contributed by atoms with E-state index in [4.69, 9.17) is 11.6 Å². The Bertz CT molecular complexity index is 1020. The monoisotopic (exact) mass is 500 g/mol. The maximum Gasteiger partial charge on any atom is 0.338 e. The lowest BCUT2D eigenvalue weighted by molar-refractivity contribution is 0.0697. The van der Waals surface area contributed by atoms with Crippen LogP contribution in [-0.4, -0.2) is 11.1 Å². The molecular formula is C19H12ClF2IN2O2. The smallest absolute Gasteiger partial charge is 0.338 e. The number of aromatic carboxylic acids is 1. The van der Waals surface area contributed by atoms with E-state index in [1.165, 1.54) is 0 Å². The number of carbonyl (C=O) groups is 1. The van der Waals surface area contributed by atoms with Crippen LogP contribution >= 0.6 is 34.2 Å². The van der Waals surface area contributed by atoms with E-state index in [9.17, 15) is 14.3 Å². The number of carboxylic acid groups (broad SMARTS) is 1. The molecule has 0 aliphatic carbocycles. The van der Waals surface area contributed by atoms with Crippen molar-refractivity contribution in [3.8, 4) is 0 Å². The summed E-state index contributed by atoms with van der Waals surface area (Å²) in [7, 11) is 0. The molecule has 3 rings (SSSR count). The van der Waals surface area contributed by atoms with E-state index in [0.29, 0.717) is 11.4 Å². The molecule has 0 bridgehead atoms. The molecule has 0 saturated heterocycles. The van der Waals surface area contributed by atoms with Crippen LogP contribution in [0.25, 0.3) is 0 Å². The van der Waals surface area contributed by atoms with Crippen molar-refractivity contribution in [2.45, 2.75) is 0 Å². The van der Waals surface area contributed by atoms with Gasteiger partial charge in [0.1, 0.15) is 5.69 Å². The van der Waals surface area contributed by atoms with Crippen molar-refractivity contribution in [3.05, 3.63) is 80.4 Å². The SMILES string of the molecule is O=C(O)c1cc(F)c(Nc2ccccc2)c(F)c1Nc1ccc(I)cc1Cl. The second kappa shape index (κ2) is 8.10. The molecule has 8 heteroatoms. The summed E-state index contributed by atoms with van der Waals surface area (Å²) in [6, 6.07) is 14.1. The number of anilines is 4. The van der Waals surface area contributed by atoms with E-state index in [2.05, 4.69) is 33.2 Å². The highest BCUT2D eigenvalue weighted by molar-refractivity contribution is 14.1. The lowest BCUT2D eigenvalue weighted by Gasteiger charge is -2.16. The summed E-state index contributed by atoms with van der Waals surface area (Å²) in [4.78, 5) is 11.5. The van der Waals surface area contributed by atoms with E-state index in [1.807, 2.05) is 0 Å². The summed E-state index contributed by atoms with van der Waals surface area (Å²) in [6.07, 6.45) is 0. The van der Waals surface area contributed by atoms with Gasteiger partial charge in [-0.3, -0.25) is 0 Å². The molecule has 0 radical (unpaired) electrons. The number of para-hydroxylation sites is 1. The van der Waals surface area contributed by atoms with Crippen LogP contribution in [0.4, 0.5) is 31.5 Å². The molecule has 0 spiro atoms. The van der Waals surface area contributed by atoms with Gasteiger partial charge in [-0.05, 0) is 59.0 Å². The Balaban J connectivity index is 2.10. The molecule has 0 atom stereocenters. The minimum Gasteiger partial charge on any atom is -0.478 e. The van der Waals surface area contributed by atoms with Gasteiger partial charge in [-0.25, -0.2) is 13.6 Å². The number of nitrogens with one attached hydrogen (secondary N) is 2. The molecule has 3 N–H and O–H groups in total. The van der Waals surface area contributed by atoms with Gasteiger partial charge in [-0.1, -0.05) is 29.8 Å². The molecule has 0 heterocycles. The molecule has 27 heavy (non-hydrogen) atoms. The predicted molar refractivity (Wildman–Crippen MR) is 110 cm³/mol. The van der Waals surface area contributed by atoms with Crippen LogP contribution in [0.3, 0.4) is 0 Å². The zero-order valence-corrected chi connectivity index (χ0v) is 16.5. The van der Waals surface area contributed by atoms with Crippen molar-refractivity contribution >= 4 is 62.9 Å². The van der Waals surface area contributed by atoms with Crippen LogP contribution in [0.15, 0.2) is 54.6 Å². The average Bonchev–Trinajstić information content (AvgIpc) is 2.63. The molecule has 0 saturated carbocycles. The second-order valence-electron chi connectivity index (χ2n) is 5.52. The van der Waals surface area contributed by atoms with Crippen molar-refractivity contribution in [3.63, 3.8) is 0 Å². The number of carboxylic acids is 1. The molecule has 0 aliphatic heterocycles. The molecule has 0 fully saturated rings. The Labute approximate surface area is 172 Å². The van der Waals surface area contributed by atoms with Crippen LogP contribution in [-0.2, 0) is 0 Å². The van der Waals surface area contributed by atoms with Crippen LogP contribution in [0.5, 0.6) is 0 Å². The quantitative estimate of drug-likeness (QED) is 0.354. The Morgan fingerprint density at radius 1 is 1.00 bits per heavy atom. The standard InChI is InChI=1S/C19H12ClF2IN2O2/c20-13-8-10(23)6-7-15(13)25-17-12(19(26)27)9-14(21)18(16(17)22)24-11-4-2-1-3-5-11/h1-9,24-25H,(H,26,27). The van der Waals surface area contributed by atoms with E-state index in [-0.39, 0.29) is 10.7 Å². The number of hydrogen-bond acceptors (Lipinski definition) is 3. The fraction of sp³-hybridized carbons (Fsp3) is 0. The first kappa shape index (κ1) is 19.4. The Hall–Kier alpha value is -2.39. The van der Waals surface area contributed by atoms with Crippen molar-refractivity contribution in [2.24, 2.45) is 0 Å². The van der Waals surface area contributed by atoms with Gasteiger partial charge in [-0.2, -0.15) is 0 Å². The van der Waals surface area contributed by atoms with Gasteiger partial charge in [-0.15, -0.1) is 0 Å². The fourth-order valence-electron chi connectivity index (χ4n) is 2.42. The highest BCUT2D eigenvalue weighted by Gasteiger charge is 2.23. The van der Waals surface area contributed by atoms with E-state index < -0.39 is 28.9 Å². The fourth-order valence-corrected chi connectivity index (χ4v) is 3.32. The first-order valence-corrected chi connectivity index (χ1v) is 9.12. The third-order valence-electron chi connectivity index (χ3n) is 3.68. The van der Waals surface area contributed by atoms with Crippen molar-refractivity contribution < 1.29 is 18.7 Å². The molecule has 0 unspecified atom stereocenters. The van der Waals surface area contributed by atoms with Gasteiger partial charge >= 0.3 is 5.97 Å². The summed E-state index contributed by atoms with van der Waals surface area (Å²) in [5.74, 6) is -3.55. The molecule has 4 nitrogen and oxygen atoms in total. The summed E-state index contributed by atoms with van der Waals surface area (Å²) in [5.41, 5.74) is -0.633. The van der Waals surface area contributed by atoms with Gasteiger partial charge in [0.2, 0.25) is 0 Å². The highest BCUT2D eigenvalue weighted by atomic mass is 127. The van der Waals surface area contributed by atoms with Crippen LogP contribution in [0.1, 0.15) is 10.4 Å². The molecule has 3 aromatic rings. The van der Waals surface area contributed by atoms with Gasteiger partial charge in [0.25, 0.3) is 0 Å². The lowest BCUT2D eigenvalue weighted by Crippen LogP contribution is -2.09.